The maximum atomic E-state index is 12.5. The highest BCUT2D eigenvalue weighted by Gasteiger charge is 2.25. The molecule has 3 N–H and O–H groups in total. The van der Waals surface area contributed by atoms with E-state index in [2.05, 4.69) is 38.2 Å². The van der Waals surface area contributed by atoms with E-state index in [-0.39, 0.29) is 32.6 Å². The van der Waals surface area contributed by atoms with Gasteiger partial charge in [0.1, 0.15) is 6.61 Å². The third kappa shape index (κ3) is 32.4. The highest BCUT2D eigenvalue weighted by molar-refractivity contribution is 7.47. The van der Waals surface area contributed by atoms with Crippen LogP contribution in [0.5, 0.6) is 0 Å². The number of unbranched alkanes of at least 4 members (excludes halogenated alkanes) is 17. The van der Waals surface area contributed by atoms with Crippen LogP contribution in [0.3, 0.4) is 0 Å². The Balaban J connectivity index is 4.26. The second-order valence-electron chi connectivity index (χ2n) is 12.1. The molecule has 1 unspecified atom stereocenters. The molecule has 0 fully saturated rings. The first kappa shape index (κ1) is 44.5. The van der Waals surface area contributed by atoms with Crippen molar-refractivity contribution in [3.63, 3.8) is 0 Å². The molecule has 9 nitrogen and oxygen atoms in total. The van der Waals surface area contributed by atoms with Crippen LogP contribution in [0.2, 0.25) is 0 Å². The van der Waals surface area contributed by atoms with Crippen LogP contribution in [0, 0.1) is 0 Å². The third-order valence-electron chi connectivity index (χ3n) is 7.59. The number of phosphoric ester groups is 1. The van der Waals surface area contributed by atoms with E-state index in [9.17, 15) is 19.0 Å². The smallest absolute Gasteiger partial charge is 0.462 e. The van der Waals surface area contributed by atoms with Crippen molar-refractivity contribution in [1.82, 2.24) is 0 Å². The molecule has 0 aromatic carbocycles. The van der Waals surface area contributed by atoms with Gasteiger partial charge in [-0.1, -0.05) is 134 Å². The van der Waals surface area contributed by atoms with Crippen LogP contribution >= 0.6 is 7.82 Å². The van der Waals surface area contributed by atoms with Crippen molar-refractivity contribution in [2.45, 2.75) is 168 Å². The first-order valence-corrected chi connectivity index (χ1v) is 19.8. The number of carbonyl (C=O) groups excluding carboxylic acids is 2. The molecule has 0 aliphatic carbocycles. The lowest BCUT2D eigenvalue weighted by Gasteiger charge is -2.19. The van der Waals surface area contributed by atoms with Crippen LogP contribution < -0.4 is 5.73 Å². The molecule has 2 atom stereocenters. The van der Waals surface area contributed by atoms with Crippen molar-refractivity contribution in [2.24, 2.45) is 5.73 Å². The summed E-state index contributed by atoms with van der Waals surface area (Å²) in [6.07, 6.45) is 32.0. The Bertz CT molecular complexity index is 820. The summed E-state index contributed by atoms with van der Waals surface area (Å²) >= 11 is 0. The van der Waals surface area contributed by atoms with E-state index >= 15 is 0 Å². The molecule has 0 aromatic heterocycles. The van der Waals surface area contributed by atoms with E-state index < -0.39 is 32.5 Å². The largest absolute Gasteiger partial charge is 0.472 e. The second kappa shape index (κ2) is 33.4. The predicted octanol–water partition coefficient (Wildman–Crippen LogP) is 9.66. The molecule has 10 heteroatoms. The van der Waals surface area contributed by atoms with Crippen LogP contribution in [0.1, 0.15) is 162 Å². The quantitative estimate of drug-likeness (QED) is 0.0296. The number of nitrogens with two attached hydrogens (primary N) is 1. The molecule has 0 aliphatic heterocycles. The average Bonchev–Trinajstić information content (AvgIpc) is 3.04. The highest BCUT2D eigenvalue weighted by atomic mass is 31.2. The van der Waals surface area contributed by atoms with Gasteiger partial charge in [0.05, 0.1) is 13.2 Å². The first-order valence-electron chi connectivity index (χ1n) is 18.3. The van der Waals surface area contributed by atoms with E-state index in [1.165, 1.54) is 64.2 Å². The standard InChI is InChI=1S/C36H68NO8P/c1-3-5-7-9-11-13-15-16-17-19-20-22-24-26-28-35(38)42-32-34(33-44-46(40,41)43-31-30-37)45-36(39)29-27-25-23-21-18-14-12-10-8-6-4-2/h9,11,15-16,34H,3-8,10,12-14,17-33,37H2,1-2H3,(H,40,41)/b11-9+,16-15+/t34-/m1/s1. The molecule has 0 rings (SSSR count). The SMILES string of the molecule is CCCC/C=C/C/C=C/CCCCCCCC(=O)OC[C@H](COP(=O)(O)OCCN)OC(=O)CCCCCCCCCCCCC. The van der Waals surface area contributed by atoms with Gasteiger partial charge >= 0.3 is 19.8 Å². The Hall–Kier alpha value is -1.51. The lowest BCUT2D eigenvalue weighted by Crippen LogP contribution is -2.29. The third-order valence-corrected chi connectivity index (χ3v) is 8.57. The van der Waals surface area contributed by atoms with Crippen molar-refractivity contribution >= 4 is 19.8 Å². The van der Waals surface area contributed by atoms with Gasteiger partial charge in [-0.3, -0.25) is 18.6 Å². The number of phosphoric acid groups is 1. The molecule has 0 spiro atoms. The van der Waals surface area contributed by atoms with Crippen LogP contribution in [-0.4, -0.2) is 49.3 Å². The molecule has 0 bridgehead atoms. The van der Waals surface area contributed by atoms with Crippen LogP contribution in [0.25, 0.3) is 0 Å². The normalized spacial score (nSPS) is 13.7. The summed E-state index contributed by atoms with van der Waals surface area (Å²) in [5.41, 5.74) is 5.32. The Labute approximate surface area is 281 Å². The molecule has 0 radical (unpaired) electrons. The van der Waals surface area contributed by atoms with E-state index in [0.717, 1.165) is 64.2 Å². The van der Waals surface area contributed by atoms with Gasteiger partial charge in [-0.2, -0.15) is 0 Å². The van der Waals surface area contributed by atoms with Crippen molar-refractivity contribution in [3.05, 3.63) is 24.3 Å². The first-order chi connectivity index (χ1) is 22.3. The lowest BCUT2D eigenvalue weighted by atomic mass is 10.1. The fourth-order valence-corrected chi connectivity index (χ4v) is 5.59. The monoisotopic (exact) mass is 673 g/mol. The molecule has 270 valence electrons. The van der Waals surface area contributed by atoms with E-state index in [0.29, 0.717) is 6.42 Å². The van der Waals surface area contributed by atoms with E-state index in [1.54, 1.807) is 0 Å². The van der Waals surface area contributed by atoms with Crippen molar-refractivity contribution in [1.29, 1.82) is 0 Å². The Morgan fingerprint density at radius 2 is 1.15 bits per heavy atom. The van der Waals surface area contributed by atoms with Crippen molar-refractivity contribution < 1.29 is 37.6 Å². The summed E-state index contributed by atoms with van der Waals surface area (Å²) in [6, 6.07) is 0. The number of carbonyl (C=O) groups is 2. The Morgan fingerprint density at radius 1 is 0.652 bits per heavy atom. The van der Waals surface area contributed by atoms with E-state index in [1.807, 2.05) is 0 Å². The van der Waals surface area contributed by atoms with Gasteiger partial charge in [-0.05, 0) is 38.5 Å². The average molecular weight is 674 g/mol. The topological polar surface area (TPSA) is 134 Å². The van der Waals surface area contributed by atoms with Crippen molar-refractivity contribution in [2.75, 3.05) is 26.4 Å². The van der Waals surface area contributed by atoms with Gasteiger partial charge in [0, 0.05) is 19.4 Å². The minimum absolute atomic E-state index is 0.0526. The molecule has 0 heterocycles. The summed E-state index contributed by atoms with van der Waals surface area (Å²) in [5.74, 6) is -0.845. The highest BCUT2D eigenvalue weighted by Crippen LogP contribution is 2.43. The number of allylic oxidation sites excluding steroid dienone is 4. The molecule has 46 heavy (non-hydrogen) atoms. The maximum Gasteiger partial charge on any atom is 0.472 e. The number of rotatable bonds is 34. The molecule has 0 aromatic rings. The predicted molar refractivity (Wildman–Crippen MR) is 187 cm³/mol. The summed E-state index contributed by atoms with van der Waals surface area (Å²) in [6.45, 7) is 3.65. The van der Waals surface area contributed by atoms with Gasteiger partial charge in [0.2, 0.25) is 0 Å². The molecule has 0 amide bonds. The Morgan fingerprint density at radius 3 is 1.72 bits per heavy atom. The zero-order valence-corrected chi connectivity index (χ0v) is 30.2. The minimum atomic E-state index is -4.37. The lowest BCUT2D eigenvalue weighted by molar-refractivity contribution is -0.161. The van der Waals surface area contributed by atoms with Gasteiger partial charge in [0.15, 0.2) is 6.10 Å². The zero-order chi connectivity index (χ0) is 34.0. The van der Waals surface area contributed by atoms with Crippen LogP contribution in [0.4, 0.5) is 0 Å². The fraction of sp³-hybridized carbons (Fsp3) is 0.833. The van der Waals surface area contributed by atoms with E-state index in [4.69, 9.17) is 24.3 Å². The number of hydrogen-bond acceptors (Lipinski definition) is 8. The number of hydrogen-bond donors (Lipinski definition) is 2. The van der Waals surface area contributed by atoms with Gasteiger partial charge in [-0.15, -0.1) is 0 Å². The minimum Gasteiger partial charge on any atom is -0.462 e. The molecule has 0 aliphatic rings. The molecule has 0 saturated heterocycles. The maximum absolute atomic E-state index is 12.5. The summed E-state index contributed by atoms with van der Waals surface area (Å²) in [7, 11) is -4.37. The summed E-state index contributed by atoms with van der Waals surface area (Å²) in [5, 5.41) is 0. The van der Waals surface area contributed by atoms with Crippen molar-refractivity contribution in [3.8, 4) is 0 Å². The number of esters is 2. The molecular formula is C36H68NO8P. The second-order valence-corrected chi connectivity index (χ2v) is 13.5. The van der Waals surface area contributed by atoms with Gasteiger partial charge < -0.3 is 20.1 Å². The van der Waals surface area contributed by atoms with Crippen LogP contribution in [0.15, 0.2) is 24.3 Å². The zero-order valence-electron chi connectivity index (χ0n) is 29.3. The van der Waals surface area contributed by atoms with Gasteiger partial charge in [0.25, 0.3) is 0 Å². The Kier molecular flexibility index (Phi) is 32.3. The summed E-state index contributed by atoms with van der Waals surface area (Å²) < 4.78 is 32.6. The fourth-order valence-electron chi connectivity index (χ4n) is 4.83. The molecular weight excluding hydrogens is 605 g/mol. The summed E-state index contributed by atoms with van der Waals surface area (Å²) in [4.78, 5) is 34.6. The van der Waals surface area contributed by atoms with Gasteiger partial charge in [-0.25, -0.2) is 4.57 Å². The number of ether oxygens (including phenoxy) is 2. The van der Waals surface area contributed by atoms with Crippen LogP contribution in [-0.2, 0) is 32.7 Å². The molecule has 0 saturated carbocycles.